The van der Waals surface area contributed by atoms with E-state index in [0.717, 1.165) is 51.4 Å². The van der Waals surface area contributed by atoms with Gasteiger partial charge in [0.05, 0.1) is 12.5 Å². The first-order valence-electron chi connectivity index (χ1n) is 7.09. The third-order valence-electron chi connectivity index (χ3n) is 2.87. The van der Waals surface area contributed by atoms with E-state index in [4.69, 9.17) is 9.78 Å². The van der Waals surface area contributed by atoms with E-state index in [9.17, 15) is 4.79 Å². The second-order valence-corrected chi connectivity index (χ2v) is 4.56. The van der Waals surface area contributed by atoms with Crippen molar-refractivity contribution in [1.29, 1.82) is 0 Å². The molecule has 0 saturated carbocycles. The summed E-state index contributed by atoms with van der Waals surface area (Å²) in [6, 6.07) is 0. The summed E-state index contributed by atoms with van der Waals surface area (Å²) in [5.41, 5.74) is 0. The van der Waals surface area contributed by atoms with Crippen molar-refractivity contribution in [3.63, 3.8) is 0 Å². The fourth-order valence-corrected chi connectivity index (χ4v) is 1.65. The van der Waals surface area contributed by atoms with Crippen molar-refractivity contribution in [1.82, 2.24) is 0 Å². The van der Waals surface area contributed by atoms with Crippen LogP contribution in [0.25, 0.3) is 0 Å². The molecule has 0 aliphatic carbocycles. The molecule has 0 heterocycles. The Morgan fingerprint density at radius 1 is 0.941 bits per heavy atom. The summed E-state index contributed by atoms with van der Waals surface area (Å²) in [4.78, 5) is 21.6. The lowest BCUT2D eigenvalue weighted by molar-refractivity contribution is -0.276. The minimum Gasteiger partial charge on any atom is -0.298 e. The Bertz CT molecular complexity index is 172. The third-order valence-corrected chi connectivity index (χ3v) is 2.87. The molecule has 0 N–H and O–H groups in total. The highest BCUT2D eigenvalue weighted by molar-refractivity contribution is 5.71. The molecule has 3 heteroatoms. The maximum absolute atomic E-state index is 11.8. The molecular formula is C14H28O3. The van der Waals surface area contributed by atoms with Crippen LogP contribution in [0.15, 0.2) is 0 Å². The van der Waals surface area contributed by atoms with Gasteiger partial charge in [-0.1, -0.05) is 52.9 Å². The summed E-state index contributed by atoms with van der Waals surface area (Å²) in [5.74, 6) is -0.153. The van der Waals surface area contributed by atoms with Gasteiger partial charge in [-0.15, -0.1) is 0 Å². The minimum atomic E-state index is -0.178. The molecule has 0 spiro atoms. The van der Waals surface area contributed by atoms with Gasteiger partial charge < -0.3 is 0 Å². The van der Waals surface area contributed by atoms with Gasteiger partial charge in [0, 0.05) is 0 Å². The Morgan fingerprint density at radius 3 is 1.94 bits per heavy atom. The van der Waals surface area contributed by atoms with Crippen LogP contribution in [0.1, 0.15) is 72.1 Å². The summed E-state index contributed by atoms with van der Waals surface area (Å²) >= 11 is 0. The van der Waals surface area contributed by atoms with E-state index in [-0.39, 0.29) is 11.9 Å². The molecule has 0 saturated heterocycles. The molecule has 0 aromatic carbocycles. The Labute approximate surface area is 106 Å². The van der Waals surface area contributed by atoms with Crippen molar-refractivity contribution in [2.24, 2.45) is 5.92 Å². The van der Waals surface area contributed by atoms with Gasteiger partial charge in [-0.3, -0.25) is 4.89 Å². The molecule has 0 aliphatic heterocycles. The molecule has 0 aromatic rings. The molecule has 0 aromatic heterocycles. The highest BCUT2D eigenvalue weighted by Gasteiger charge is 2.19. The number of carbonyl (C=O) groups excluding carboxylic acids is 1. The normalized spacial score (nSPS) is 10.8. The van der Waals surface area contributed by atoms with Gasteiger partial charge in [-0.05, 0) is 19.3 Å². The number of hydrogen-bond acceptors (Lipinski definition) is 3. The maximum Gasteiger partial charge on any atom is 0.345 e. The number of rotatable bonds is 11. The second kappa shape index (κ2) is 11.9. The molecule has 0 unspecified atom stereocenters. The van der Waals surface area contributed by atoms with Gasteiger partial charge in [0.25, 0.3) is 0 Å². The van der Waals surface area contributed by atoms with E-state index in [1.54, 1.807) is 0 Å². The Kier molecular flexibility index (Phi) is 11.5. The van der Waals surface area contributed by atoms with Crippen LogP contribution in [0.5, 0.6) is 0 Å². The summed E-state index contributed by atoms with van der Waals surface area (Å²) < 4.78 is 0. The topological polar surface area (TPSA) is 35.5 Å². The summed E-state index contributed by atoms with van der Waals surface area (Å²) in [6.07, 6.45) is 8.23. The average Bonchev–Trinajstić information content (AvgIpc) is 2.34. The van der Waals surface area contributed by atoms with Crippen molar-refractivity contribution in [2.45, 2.75) is 72.1 Å². The maximum atomic E-state index is 11.8. The van der Waals surface area contributed by atoms with Crippen molar-refractivity contribution < 1.29 is 14.6 Å². The van der Waals surface area contributed by atoms with Gasteiger partial charge in [0.2, 0.25) is 0 Å². The van der Waals surface area contributed by atoms with Gasteiger partial charge in [0.15, 0.2) is 0 Å². The van der Waals surface area contributed by atoms with E-state index in [1.165, 1.54) is 0 Å². The van der Waals surface area contributed by atoms with Crippen LogP contribution in [-0.2, 0) is 14.6 Å². The van der Waals surface area contributed by atoms with Crippen molar-refractivity contribution in [3.8, 4) is 0 Å². The standard InChI is InChI=1S/C14H28O3/c1-4-7-10-13(11-8-5-2)14(15)17-16-12-9-6-3/h13H,4-12H2,1-3H3. The highest BCUT2D eigenvalue weighted by Crippen LogP contribution is 2.18. The molecular weight excluding hydrogens is 216 g/mol. The van der Waals surface area contributed by atoms with Crippen LogP contribution in [0.2, 0.25) is 0 Å². The summed E-state index contributed by atoms with van der Waals surface area (Å²) in [7, 11) is 0. The smallest absolute Gasteiger partial charge is 0.298 e. The third kappa shape index (κ3) is 9.16. The molecule has 0 atom stereocenters. The monoisotopic (exact) mass is 244 g/mol. The average molecular weight is 244 g/mol. The zero-order valence-corrected chi connectivity index (χ0v) is 11.7. The van der Waals surface area contributed by atoms with E-state index in [2.05, 4.69) is 20.8 Å². The first-order valence-corrected chi connectivity index (χ1v) is 7.09. The zero-order chi connectivity index (χ0) is 12.9. The Balaban J connectivity index is 3.85. The largest absolute Gasteiger partial charge is 0.345 e. The zero-order valence-electron chi connectivity index (χ0n) is 11.7. The summed E-state index contributed by atoms with van der Waals surface area (Å²) in [5, 5.41) is 0. The van der Waals surface area contributed by atoms with Crippen LogP contribution in [0, 0.1) is 5.92 Å². The molecule has 102 valence electrons. The van der Waals surface area contributed by atoms with Gasteiger partial charge in [0.1, 0.15) is 0 Å². The Morgan fingerprint density at radius 2 is 1.47 bits per heavy atom. The predicted octanol–water partition coefficient (Wildman–Crippen LogP) is 4.26. The second-order valence-electron chi connectivity index (χ2n) is 4.56. The minimum absolute atomic E-state index is 0.0246. The molecule has 0 amide bonds. The first-order chi connectivity index (χ1) is 8.26. The van der Waals surface area contributed by atoms with Crippen LogP contribution < -0.4 is 0 Å². The first kappa shape index (κ1) is 16.4. The predicted molar refractivity (Wildman–Crippen MR) is 69.5 cm³/mol. The van der Waals surface area contributed by atoms with Gasteiger partial charge >= 0.3 is 5.97 Å². The van der Waals surface area contributed by atoms with E-state index < -0.39 is 0 Å². The van der Waals surface area contributed by atoms with Crippen LogP contribution in [0.4, 0.5) is 0 Å². The van der Waals surface area contributed by atoms with E-state index >= 15 is 0 Å². The molecule has 3 nitrogen and oxygen atoms in total. The fraction of sp³-hybridized carbons (Fsp3) is 0.929. The molecule has 0 radical (unpaired) electrons. The lowest BCUT2D eigenvalue weighted by Crippen LogP contribution is -2.18. The quantitative estimate of drug-likeness (QED) is 0.309. The molecule has 0 rings (SSSR count). The molecule has 17 heavy (non-hydrogen) atoms. The number of carbonyl (C=O) groups is 1. The SMILES string of the molecule is CCCCOOC(=O)C(CCCC)CCCC. The molecule has 0 aliphatic rings. The lowest BCUT2D eigenvalue weighted by Gasteiger charge is -2.14. The van der Waals surface area contributed by atoms with E-state index in [1.807, 2.05) is 0 Å². The van der Waals surface area contributed by atoms with Crippen molar-refractivity contribution in [2.75, 3.05) is 6.61 Å². The van der Waals surface area contributed by atoms with Gasteiger partial charge in [-0.2, -0.15) is 4.89 Å². The fourth-order valence-electron chi connectivity index (χ4n) is 1.65. The highest BCUT2D eigenvalue weighted by atomic mass is 17.2. The summed E-state index contributed by atoms with van der Waals surface area (Å²) in [6.45, 7) is 6.87. The van der Waals surface area contributed by atoms with Crippen molar-refractivity contribution >= 4 is 5.97 Å². The van der Waals surface area contributed by atoms with Crippen molar-refractivity contribution in [3.05, 3.63) is 0 Å². The Hall–Kier alpha value is -0.570. The molecule has 0 bridgehead atoms. The van der Waals surface area contributed by atoms with E-state index in [0.29, 0.717) is 6.61 Å². The molecule has 0 fully saturated rings. The number of unbranched alkanes of at least 4 members (excludes halogenated alkanes) is 3. The van der Waals surface area contributed by atoms with Gasteiger partial charge in [-0.25, -0.2) is 4.79 Å². The van der Waals surface area contributed by atoms with Crippen LogP contribution in [0.3, 0.4) is 0 Å². The van der Waals surface area contributed by atoms with Crippen LogP contribution >= 0.6 is 0 Å². The van der Waals surface area contributed by atoms with Crippen LogP contribution in [-0.4, -0.2) is 12.6 Å². The number of hydrogen-bond donors (Lipinski definition) is 0. The lowest BCUT2D eigenvalue weighted by atomic mass is 9.96.